The molecule has 0 spiro atoms. The van der Waals surface area contributed by atoms with E-state index in [0.717, 1.165) is 23.4 Å². The molecule has 8 heteroatoms. The Morgan fingerprint density at radius 1 is 1.10 bits per heavy atom. The molecule has 4 rings (SSSR count). The normalized spacial score (nSPS) is 16.3. The van der Waals surface area contributed by atoms with Crippen molar-refractivity contribution in [1.82, 2.24) is 15.1 Å². The summed E-state index contributed by atoms with van der Waals surface area (Å²) in [5.74, 6) is -0.682. The molecule has 154 valence electrons. The molecule has 0 saturated carbocycles. The maximum Gasteiger partial charge on any atom is 0.286 e. The number of halogens is 1. The molecule has 0 aliphatic carbocycles. The number of likely N-dealkylation sites (tertiary alicyclic amines) is 1. The van der Waals surface area contributed by atoms with Crippen LogP contribution in [-0.4, -0.2) is 40.0 Å². The number of hydrogen-bond acceptors (Lipinski definition) is 5. The summed E-state index contributed by atoms with van der Waals surface area (Å²) in [6.07, 6.45) is 1.77. The van der Waals surface area contributed by atoms with E-state index in [1.54, 1.807) is 0 Å². The Kier molecular flexibility index (Phi) is 5.85. The van der Waals surface area contributed by atoms with Crippen LogP contribution in [-0.2, 0) is 0 Å². The molecule has 1 fully saturated rings. The summed E-state index contributed by atoms with van der Waals surface area (Å²) in [6.45, 7) is 3.26. The van der Waals surface area contributed by atoms with Gasteiger partial charge in [-0.3, -0.25) is 9.59 Å². The zero-order valence-corrected chi connectivity index (χ0v) is 17.3. The quantitative estimate of drug-likeness (QED) is 0.679. The monoisotopic (exact) mass is 424 g/mol. The molecule has 1 N–H and O–H groups in total. The molecule has 30 heavy (non-hydrogen) atoms. The van der Waals surface area contributed by atoms with Gasteiger partial charge in [-0.05, 0) is 56.2 Å². The fourth-order valence-corrected chi connectivity index (χ4v) is 4.32. The third-order valence-electron chi connectivity index (χ3n) is 5.09. The first-order valence-electron chi connectivity index (χ1n) is 9.76. The lowest BCUT2D eigenvalue weighted by Crippen LogP contribution is -2.39. The van der Waals surface area contributed by atoms with E-state index in [4.69, 9.17) is 0 Å². The van der Waals surface area contributed by atoms with Crippen LogP contribution < -0.4 is 5.32 Å². The van der Waals surface area contributed by atoms with E-state index in [-0.39, 0.29) is 28.6 Å². The summed E-state index contributed by atoms with van der Waals surface area (Å²) in [6, 6.07) is 13.1. The molecule has 1 atom stereocenters. The van der Waals surface area contributed by atoms with Gasteiger partial charge in [0, 0.05) is 30.3 Å². The van der Waals surface area contributed by atoms with Gasteiger partial charge in [0.15, 0.2) is 0 Å². The van der Waals surface area contributed by atoms with E-state index in [2.05, 4.69) is 15.5 Å². The standard InChI is InChI=1S/C22H21FN4O2S/c1-14-4-6-15(7-5-14)22(29)27-12-2-3-16(13-27)20-25-26-21(30-20)19(28)24-18-10-8-17(23)9-11-18/h4-11,16H,2-3,12-13H2,1H3,(H,24,28)/t16-/m1/s1. The van der Waals surface area contributed by atoms with Gasteiger partial charge in [-0.15, -0.1) is 10.2 Å². The number of aryl methyl sites for hydroxylation is 1. The third kappa shape index (κ3) is 4.54. The highest BCUT2D eigenvalue weighted by Crippen LogP contribution is 2.30. The summed E-state index contributed by atoms with van der Waals surface area (Å²) < 4.78 is 13.0. The largest absolute Gasteiger partial charge is 0.338 e. The van der Waals surface area contributed by atoms with Crippen molar-refractivity contribution in [1.29, 1.82) is 0 Å². The molecule has 2 heterocycles. The Labute approximate surface area is 177 Å². The number of anilines is 1. The average molecular weight is 425 g/mol. The number of carbonyl (C=O) groups is 2. The number of amides is 2. The molecule has 3 aromatic rings. The van der Waals surface area contributed by atoms with Crippen molar-refractivity contribution in [2.24, 2.45) is 0 Å². The van der Waals surface area contributed by atoms with E-state index >= 15 is 0 Å². The van der Waals surface area contributed by atoms with Crippen LogP contribution in [0.2, 0.25) is 0 Å². The van der Waals surface area contributed by atoms with Gasteiger partial charge in [0.05, 0.1) is 0 Å². The Balaban J connectivity index is 1.42. The summed E-state index contributed by atoms with van der Waals surface area (Å²) in [5, 5.41) is 11.9. The topological polar surface area (TPSA) is 75.2 Å². The second kappa shape index (κ2) is 8.71. The van der Waals surface area contributed by atoms with Gasteiger partial charge in [0.1, 0.15) is 10.8 Å². The van der Waals surface area contributed by atoms with Crippen LogP contribution in [0.3, 0.4) is 0 Å². The van der Waals surface area contributed by atoms with E-state index in [0.29, 0.717) is 24.3 Å². The zero-order valence-electron chi connectivity index (χ0n) is 16.5. The Hall–Kier alpha value is -3.13. The van der Waals surface area contributed by atoms with Crippen LogP contribution in [0.4, 0.5) is 10.1 Å². The number of benzene rings is 2. The van der Waals surface area contributed by atoms with E-state index in [1.165, 1.54) is 35.6 Å². The Bertz CT molecular complexity index is 1050. The van der Waals surface area contributed by atoms with Gasteiger partial charge < -0.3 is 10.2 Å². The van der Waals surface area contributed by atoms with Crippen LogP contribution in [0.1, 0.15) is 49.5 Å². The Morgan fingerprint density at radius 2 is 1.83 bits per heavy atom. The lowest BCUT2D eigenvalue weighted by Gasteiger charge is -2.31. The molecule has 1 aliphatic heterocycles. The van der Waals surface area contributed by atoms with Crippen molar-refractivity contribution in [3.8, 4) is 0 Å². The summed E-state index contributed by atoms with van der Waals surface area (Å²) in [5.41, 5.74) is 2.28. The maximum absolute atomic E-state index is 13.0. The second-order valence-corrected chi connectivity index (χ2v) is 8.37. The minimum atomic E-state index is -0.381. The fourth-order valence-electron chi connectivity index (χ4n) is 3.45. The van der Waals surface area contributed by atoms with Crippen LogP contribution in [0.15, 0.2) is 48.5 Å². The minimum Gasteiger partial charge on any atom is -0.338 e. The van der Waals surface area contributed by atoms with Gasteiger partial charge in [-0.25, -0.2) is 4.39 Å². The molecular formula is C22H21FN4O2S. The highest BCUT2D eigenvalue weighted by atomic mass is 32.1. The maximum atomic E-state index is 13.0. The number of rotatable bonds is 4. The van der Waals surface area contributed by atoms with Crippen LogP contribution in [0, 0.1) is 12.7 Å². The number of aromatic nitrogens is 2. The molecule has 2 amide bonds. The third-order valence-corrected chi connectivity index (χ3v) is 6.18. The molecule has 2 aromatic carbocycles. The van der Waals surface area contributed by atoms with Crippen molar-refractivity contribution < 1.29 is 14.0 Å². The van der Waals surface area contributed by atoms with Gasteiger partial charge in [-0.1, -0.05) is 29.0 Å². The zero-order chi connectivity index (χ0) is 21.1. The average Bonchev–Trinajstić information content (AvgIpc) is 3.26. The molecule has 0 bridgehead atoms. The summed E-state index contributed by atoms with van der Waals surface area (Å²) in [7, 11) is 0. The lowest BCUT2D eigenvalue weighted by atomic mass is 9.98. The molecule has 1 aliphatic rings. The minimum absolute atomic E-state index is 0.0125. The van der Waals surface area contributed by atoms with Crippen molar-refractivity contribution in [3.05, 3.63) is 75.5 Å². The van der Waals surface area contributed by atoms with Crippen molar-refractivity contribution in [3.63, 3.8) is 0 Å². The lowest BCUT2D eigenvalue weighted by molar-refractivity contribution is 0.0706. The molecule has 1 saturated heterocycles. The number of nitrogens with one attached hydrogen (secondary N) is 1. The molecule has 6 nitrogen and oxygen atoms in total. The first-order chi connectivity index (χ1) is 14.5. The number of piperidine rings is 1. The predicted octanol–water partition coefficient (Wildman–Crippen LogP) is 4.26. The first kappa shape index (κ1) is 20.2. The van der Waals surface area contributed by atoms with Crippen LogP contribution >= 0.6 is 11.3 Å². The van der Waals surface area contributed by atoms with E-state index in [1.807, 2.05) is 36.1 Å². The van der Waals surface area contributed by atoms with Gasteiger partial charge in [0.25, 0.3) is 11.8 Å². The Morgan fingerprint density at radius 3 is 2.57 bits per heavy atom. The number of nitrogens with zero attached hydrogens (tertiary/aromatic N) is 3. The summed E-state index contributed by atoms with van der Waals surface area (Å²) in [4.78, 5) is 27.1. The van der Waals surface area contributed by atoms with Crippen molar-refractivity contribution in [2.45, 2.75) is 25.7 Å². The second-order valence-electron chi connectivity index (χ2n) is 7.36. The van der Waals surface area contributed by atoms with Crippen molar-refractivity contribution in [2.75, 3.05) is 18.4 Å². The van der Waals surface area contributed by atoms with Crippen LogP contribution in [0.25, 0.3) is 0 Å². The van der Waals surface area contributed by atoms with Crippen molar-refractivity contribution >= 4 is 28.8 Å². The van der Waals surface area contributed by atoms with E-state index < -0.39 is 0 Å². The number of carbonyl (C=O) groups excluding carboxylic acids is 2. The smallest absolute Gasteiger partial charge is 0.286 e. The molecule has 0 radical (unpaired) electrons. The van der Waals surface area contributed by atoms with E-state index in [9.17, 15) is 14.0 Å². The van der Waals surface area contributed by atoms with Gasteiger partial charge in [-0.2, -0.15) is 0 Å². The fraction of sp³-hybridized carbons (Fsp3) is 0.273. The highest BCUT2D eigenvalue weighted by Gasteiger charge is 2.28. The molecular weight excluding hydrogens is 403 g/mol. The van der Waals surface area contributed by atoms with Gasteiger partial charge in [0.2, 0.25) is 5.01 Å². The molecule has 1 aromatic heterocycles. The van der Waals surface area contributed by atoms with Gasteiger partial charge >= 0.3 is 0 Å². The van der Waals surface area contributed by atoms with Crippen LogP contribution in [0.5, 0.6) is 0 Å². The summed E-state index contributed by atoms with van der Waals surface area (Å²) >= 11 is 1.24. The SMILES string of the molecule is Cc1ccc(C(=O)N2CCC[C@@H](c3nnc(C(=O)Nc4ccc(F)cc4)s3)C2)cc1. The first-order valence-corrected chi connectivity index (χ1v) is 10.6. The highest BCUT2D eigenvalue weighted by molar-refractivity contribution is 7.13. The number of hydrogen-bond donors (Lipinski definition) is 1. The molecule has 0 unspecified atom stereocenters. The predicted molar refractivity (Wildman–Crippen MR) is 113 cm³/mol.